The summed E-state index contributed by atoms with van der Waals surface area (Å²) in [6.45, 7) is 3.04. The van der Waals surface area contributed by atoms with E-state index in [1.807, 2.05) is 0 Å². The Hall–Kier alpha value is -3.56. The first kappa shape index (κ1) is 20.7. The molecule has 2 heterocycles. The van der Waals surface area contributed by atoms with Crippen molar-refractivity contribution in [1.29, 1.82) is 0 Å². The molecular formula is C18H20N2O8. The molecule has 0 aromatic carbocycles. The molecule has 0 unspecified atom stereocenters. The summed E-state index contributed by atoms with van der Waals surface area (Å²) in [5.74, 6) is -2.93. The molecule has 2 rings (SSSR count). The third-order valence-corrected chi connectivity index (χ3v) is 4.31. The lowest BCUT2D eigenvalue weighted by Gasteiger charge is -2.05. The van der Waals surface area contributed by atoms with Crippen LogP contribution in [0.15, 0.2) is 0 Å². The molecule has 2 aromatic heterocycles. The van der Waals surface area contributed by atoms with Crippen molar-refractivity contribution >= 4 is 23.9 Å². The van der Waals surface area contributed by atoms with E-state index in [0.29, 0.717) is 0 Å². The van der Waals surface area contributed by atoms with Crippen LogP contribution >= 0.6 is 0 Å². The lowest BCUT2D eigenvalue weighted by molar-refractivity contribution is 0.0580. The quantitative estimate of drug-likeness (QED) is 0.580. The monoisotopic (exact) mass is 392 g/mol. The lowest BCUT2D eigenvalue weighted by Crippen LogP contribution is -2.08. The van der Waals surface area contributed by atoms with Gasteiger partial charge in [0.2, 0.25) is 0 Å². The van der Waals surface area contributed by atoms with Gasteiger partial charge in [-0.15, -0.1) is 0 Å². The molecule has 10 heteroatoms. The number of nitrogens with one attached hydrogen (secondary N) is 2. The molecule has 0 aliphatic carbocycles. The van der Waals surface area contributed by atoms with Crippen molar-refractivity contribution in [1.82, 2.24) is 9.97 Å². The van der Waals surface area contributed by atoms with Crippen LogP contribution in [0.3, 0.4) is 0 Å². The van der Waals surface area contributed by atoms with Crippen LogP contribution in [0.4, 0.5) is 0 Å². The highest BCUT2D eigenvalue weighted by atomic mass is 16.5. The van der Waals surface area contributed by atoms with Crippen LogP contribution in [0.25, 0.3) is 11.4 Å². The number of H-pyrrole nitrogens is 2. The number of aromatic nitrogens is 2. The van der Waals surface area contributed by atoms with E-state index in [9.17, 15) is 19.2 Å². The molecule has 0 saturated heterocycles. The van der Waals surface area contributed by atoms with Gasteiger partial charge < -0.3 is 28.9 Å². The van der Waals surface area contributed by atoms with Gasteiger partial charge in [-0.05, 0) is 25.0 Å². The van der Waals surface area contributed by atoms with Gasteiger partial charge in [0.1, 0.15) is 11.4 Å². The largest absolute Gasteiger partial charge is 0.465 e. The number of rotatable bonds is 5. The Morgan fingerprint density at radius 3 is 1.11 bits per heavy atom. The minimum absolute atomic E-state index is 0.000543. The number of carbonyl (C=O) groups excluding carboxylic acids is 4. The predicted molar refractivity (Wildman–Crippen MR) is 95.4 cm³/mol. The lowest BCUT2D eigenvalue weighted by atomic mass is 10.0. The van der Waals surface area contributed by atoms with E-state index < -0.39 is 23.9 Å². The summed E-state index contributed by atoms with van der Waals surface area (Å²) in [7, 11) is 4.73. The molecule has 0 aliphatic heterocycles. The molecule has 0 saturated carbocycles. The average molecular weight is 392 g/mol. The summed E-state index contributed by atoms with van der Waals surface area (Å²) < 4.78 is 19.1. The molecule has 0 atom stereocenters. The smallest absolute Gasteiger partial charge is 0.354 e. The minimum Gasteiger partial charge on any atom is -0.465 e. The molecule has 0 fully saturated rings. The SMILES string of the molecule is COC(=O)c1[nH]c(-c2[nH]c(C(=O)OC)c(C)c2C(=O)OC)c(C(=O)OC)c1C. The fourth-order valence-electron chi connectivity index (χ4n) is 2.89. The maximum absolute atomic E-state index is 12.4. The molecule has 0 amide bonds. The third kappa shape index (κ3) is 3.24. The molecule has 2 aromatic rings. The fourth-order valence-corrected chi connectivity index (χ4v) is 2.89. The third-order valence-electron chi connectivity index (χ3n) is 4.31. The van der Waals surface area contributed by atoms with Gasteiger partial charge in [0, 0.05) is 0 Å². The van der Waals surface area contributed by atoms with Gasteiger partial charge in [-0.25, -0.2) is 19.2 Å². The Kier molecular flexibility index (Phi) is 5.92. The Balaban J connectivity index is 2.90. The van der Waals surface area contributed by atoms with Crippen molar-refractivity contribution in [2.75, 3.05) is 28.4 Å². The second kappa shape index (κ2) is 7.99. The van der Waals surface area contributed by atoms with Crippen LogP contribution in [-0.4, -0.2) is 62.3 Å². The van der Waals surface area contributed by atoms with Gasteiger partial charge in [0.05, 0.1) is 51.0 Å². The van der Waals surface area contributed by atoms with Crippen molar-refractivity contribution in [2.24, 2.45) is 0 Å². The first-order valence-corrected chi connectivity index (χ1v) is 8.02. The van der Waals surface area contributed by atoms with Crippen LogP contribution < -0.4 is 0 Å². The maximum Gasteiger partial charge on any atom is 0.354 e. The van der Waals surface area contributed by atoms with Crippen molar-refractivity contribution in [3.05, 3.63) is 33.6 Å². The zero-order valence-corrected chi connectivity index (χ0v) is 16.3. The summed E-state index contributed by atoms with van der Waals surface area (Å²) >= 11 is 0. The Morgan fingerprint density at radius 1 is 0.571 bits per heavy atom. The van der Waals surface area contributed by atoms with E-state index in [2.05, 4.69) is 9.97 Å². The zero-order valence-electron chi connectivity index (χ0n) is 16.3. The van der Waals surface area contributed by atoms with Gasteiger partial charge in [0.25, 0.3) is 0 Å². The van der Waals surface area contributed by atoms with Crippen molar-refractivity contribution in [3.8, 4) is 11.4 Å². The van der Waals surface area contributed by atoms with Crippen LogP contribution in [0.1, 0.15) is 52.8 Å². The highest BCUT2D eigenvalue weighted by molar-refractivity contribution is 6.08. The molecule has 0 radical (unpaired) electrons. The highest BCUT2D eigenvalue weighted by Gasteiger charge is 2.32. The Morgan fingerprint density at radius 2 is 0.857 bits per heavy atom. The molecule has 28 heavy (non-hydrogen) atoms. The molecular weight excluding hydrogens is 372 g/mol. The number of hydrogen-bond acceptors (Lipinski definition) is 8. The fraction of sp³-hybridized carbons (Fsp3) is 0.333. The number of carbonyl (C=O) groups is 4. The van der Waals surface area contributed by atoms with Gasteiger partial charge in [-0.2, -0.15) is 0 Å². The van der Waals surface area contributed by atoms with Gasteiger partial charge >= 0.3 is 23.9 Å². The number of ether oxygens (including phenoxy) is 4. The second-order valence-corrected chi connectivity index (χ2v) is 5.72. The number of esters is 4. The van der Waals surface area contributed by atoms with E-state index in [0.717, 1.165) is 0 Å². The molecule has 10 nitrogen and oxygen atoms in total. The van der Waals surface area contributed by atoms with Crippen LogP contribution in [0.2, 0.25) is 0 Å². The summed E-state index contributed by atoms with van der Waals surface area (Å²) in [6, 6.07) is 0. The molecule has 0 bridgehead atoms. The molecule has 150 valence electrons. The van der Waals surface area contributed by atoms with Gasteiger partial charge in [0.15, 0.2) is 0 Å². The maximum atomic E-state index is 12.4. The van der Waals surface area contributed by atoms with Crippen LogP contribution in [0.5, 0.6) is 0 Å². The van der Waals surface area contributed by atoms with Crippen LogP contribution in [0, 0.1) is 13.8 Å². The zero-order chi connectivity index (χ0) is 21.2. The molecule has 0 aliphatic rings. The number of methoxy groups -OCH3 is 4. The molecule has 0 spiro atoms. The summed E-state index contributed by atoms with van der Waals surface area (Å²) in [5, 5.41) is 0. The first-order chi connectivity index (χ1) is 13.2. The minimum atomic E-state index is -0.749. The highest BCUT2D eigenvalue weighted by Crippen LogP contribution is 2.34. The van der Waals surface area contributed by atoms with Gasteiger partial charge in [-0.1, -0.05) is 0 Å². The average Bonchev–Trinajstić information content (AvgIpc) is 3.22. The summed E-state index contributed by atoms with van der Waals surface area (Å²) in [5.41, 5.74) is 0.678. The van der Waals surface area contributed by atoms with Crippen molar-refractivity contribution in [2.45, 2.75) is 13.8 Å². The van der Waals surface area contributed by atoms with Crippen LogP contribution in [-0.2, 0) is 18.9 Å². The van der Waals surface area contributed by atoms with Gasteiger partial charge in [-0.3, -0.25) is 0 Å². The normalized spacial score (nSPS) is 10.4. The Bertz CT molecular complexity index is 889. The predicted octanol–water partition coefficient (Wildman–Crippen LogP) is 1.77. The first-order valence-electron chi connectivity index (χ1n) is 8.02. The Labute approximate surface area is 160 Å². The van der Waals surface area contributed by atoms with E-state index >= 15 is 0 Å². The summed E-state index contributed by atoms with van der Waals surface area (Å²) in [6.07, 6.45) is 0. The number of hydrogen-bond donors (Lipinski definition) is 2. The molecule has 2 N–H and O–H groups in total. The van der Waals surface area contributed by atoms with Crippen molar-refractivity contribution in [3.63, 3.8) is 0 Å². The van der Waals surface area contributed by atoms with E-state index in [1.54, 1.807) is 0 Å². The van der Waals surface area contributed by atoms with Crippen molar-refractivity contribution < 1.29 is 38.1 Å². The van der Waals surface area contributed by atoms with E-state index in [1.165, 1.54) is 42.3 Å². The van der Waals surface area contributed by atoms with E-state index in [-0.39, 0.29) is 45.0 Å². The second-order valence-electron chi connectivity index (χ2n) is 5.72. The topological polar surface area (TPSA) is 137 Å². The van der Waals surface area contributed by atoms with E-state index in [4.69, 9.17) is 18.9 Å². The standard InChI is InChI=1S/C18H20N2O8/c1-7-9(15(21)25-3)13(19-11(7)17(23)27-5)14-10(16(22)26-4)8(2)12(20-14)18(24)28-6/h19-20H,1-6H3. The summed E-state index contributed by atoms with van der Waals surface area (Å²) in [4.78, 5) is 54.4. The number of aromatic amines is 2.